The SMILES string of the molecule is O=C(NCC1(c2c(F)cccc2F)CCCC1)c1n[nH]c2c1CNCC2. The summed E-state index contributed by atoms with van der Waals surface area (Å²) in [6.07, 6.45) is 3.91. The number of rotatable bonds is 4. The zero-order valence-corrected chi connectivity index (χ0v) is 14.5. The van der Waals surface area contributed by atoms with E-state index in [1.807, 2.05) is 0 Å². The van der Waals surface area contributed by atoms with Crippen molar-refractivity contribution in [3.63, 3.8) is 0 Å². The van der Waals surface area contributed by atoms with Gasteiger partial charge in [-0.1, -0.05) is 18.9 Å². The number of nitrogens with zero attached hydrogens (tertiary/aromatic N) is 1. The van der Waals surface area contributed by atoms with Crippen LogP contribution in [0.3, 0.4) is 0 Å². The number of aromatic nitrogens is 2. The highest BCUT2D eigenvalue weighted by Crippen LogP contribution is 2.42. The van der Waals surface area contributed by atoms with Gasteiger partial charge >= 0.3 is 0 Å². The number of H-pyrrole nitrogens is 1. The third-order valence-electron chi connectivity index (χ3n) is 5.66. The highest BCUT2D eigenvalue weighted by atomic mass is 19.1. The maximum absolute atomic E-state index is 14.4. The summed E-state index contributed by atoms with van der Waals surface area (Å²) >= 11 is 0. The van der Waals surface area contributed by atoms with Crippen molar-refractivity contribution in [2.45, 2.75) is 44.1 Å². The fraction of sp³-hybridized carbons (Fsp3) is 0.474. The molecule has 0 radical (unpaired) electrons. The molecule has 1 aliphatic heterocycles. The Morgan fingerprint density at radius 1 is 1.23 bits per heavy atom. The van der Waals surface area contributed by atoms with Gasteiger partial charge in [-0.15, -0.1) is 0 Å². The maximum atomic E-state index is 14.4. The third kappa shape index (κ3) is 2.90. The molecule has 0 unspecified atom stereocenters. The van der Waals surface area contributed by atoms with Gasteiger partial charge < -0.3 is 10.6 Å². The summed E-state index contributed by atoms with van der Waals surface area (Å²) in [5.41, 5.74) is 1.63. The summed E-state index contributed by atoms with van der Waals surface area (Å²) in [6, 6.07) is 3.95. The van der Waals surface area contributed by atoms with Crippen LogP contribution in [0.4, 0.5) is 8.78 Å². The number of carbonyl (C=O) groups excluding carboxylic acids is 1. The van der Waals surface area contributed by atoms with E-state index < -0.39 is 17.0 Å². The first-order chi connectivity index (χ1) is 12.6. The van der Waals surface area contributed by atoms with Gasteiger partial charge in [-0.3, -0.25) is 9.89 Å². The molecule has 1 fully saturated rings. The van der Waals surface area contributed by atoms with Crippen LogP contribution in [0.15, 0.2) is 18.2 Å². The van der Waals surface area contributed by atoms with Crippen LogP contribution in [-0.4, -0.2) is 29.2 Å². The van der Waals surface area contributed by atoms with E-state index in [1.165, 1.54) is 18.2 Å². The molecule has 4 rings (SSSR count). The minimum atomic E-state index is -0.695. The van der Waals surface area contributed by atoms with Gasteiger partial charge in [0.1, 0.15) is 11.6 Å². The number of carbonyl (C=O) groups is 1. The monoisotopic (exact) mass is 360 g/mol. The molecule has 26 heavy (non-hydrogen) atoms. The molecule has 1 aliphatic carbocycles. The van der Waals surface area contributed by atoms with Crippen LogP contribution >= 0.6 is 0 Å². The molecule has 5 nitrogen and oxygen atoms in total. The lowest BCUT2D eigenvalue weighted by Gasteiger charge is -2.30. The predicted octanol–water partition coefficient (Wildman–Crippen LogP) is 2.58. The van der Waals surface area contributed by atoms with E-state index in [2.05, 4.69) is 20.8 Å². The topological polar surface area (TPSA) is 69.8 Å². The van der Waals surface area contributed by atoms with E-state index in [0.717, 1.165) is 37.1 Å². The maximum Gasteiger partial charge on any atom is 0.272 e. The Morgan fingerprint density at radius 3 is 2.69 bits per heavy atom. The van der Waals surface area contributed by atoms with Gasteiger partial charge in [-0.2, -0.15) is 5.10 Å². The molecule has 2 aliphatic rings. The molecule has 1 aromatic carbocycles. The highest BCUT2D eigenvalue weighted by molar-refractivity contribution is 5.94. The number of nitrogens with one attached hydrogen (secondary N) is 3. The highest BCUT2D eigenvalue weighted by Gasteiger charge is 2.40. The molecule has 0 bridgehead atoms. The Labute approximate surface area is 150 Å². The first-order valence-electron chi connectivity index (χ1n) is 9.10. The van der Waals surface area contributed by atoms with Crippen molar-refractivity contribution in [2.75, 3.05) is 13.1 Å². The third-order valence-corrected chi connectivity index (χ3v) is 5.66. The molecule has 3 N–H and O–H groups in total. The fourth-order valence-electron chi connectivity index (χ4n) is 4.32. The van der Waals surface area contributed by atoms with Gasteiger partial charge in [0.15, 0.2) is 5.69 Å². The molecular weight excluding hydrogens is 338 g/mol. The number of aromatic amines is 1. The molecule has 1 aromatic heterocycles. The van der Waals surface area contributed by atoms with Crippen LogP contribution in [0.25, 0.3) is 0 Å². The number of fused-ring (bicyclic) bond motifs is 1. The Morgan fingerprint density at radius 2 is 1.96 bits per heavy atom. The lowest BCUT2D eigenvalue weighted by atomic mass is 9.78. The van der Waals surface area contributed by atoms with E-state index in [0.29, 0.717) is 25.1 Å². The van der Waals surface area contributed by atoms with Gasteiger partial charge in [-0.05, 0) is 25.0 Å². The van der Waals surface area contributed by atoms with Crippen molar-refractivity contribution >= 4 is 5.91 Å². The second-order valence-electron chi connectivity index (χ2n) is 7.22. The predicted molar refractivity (Wildman–Crippen MR) is 92.8 cm³/mol. The number of benzene rings is 1. The number of halogens is 2. The average molecular weight is 360 g/mol. The summed E-state index contributed by atoms with van der Waals surface area (Å²) in [6.45, 7) is 1.66. The molecule has 1 saturated carbocycles. The quantitative estimate of drug-likeness (QED) is 0.785. The van der Waals surface area contributed by atoms with Crippen molar-refractivity contribution < 1.29 is 13.6 Å². The second kappa shape index (κ2) is 6.79. The molecule has 0 atom stereocenters. The Hall–Kier alpha value is -2.28. The van der Waals surface area contributed by atoms with Crippen molar-refractivity contribution in [3.8, 4) is 0 Å². The van der Waals surface area contributed by atoms with E-state index in [4.69, 9.17) is 0 Å². The van der Waals surface area contributed by atoms with Gasteiger partial charge in [0, 0.05) is 48.3 Å². The van der Waals surface area contributed by atoms with Crippen molar-refractivity contribution in [1.82, 2.24) is 20.8 Å². The van der Waals surface area contributed by atoms with Crippen LogP contribution in [0.2, 0.25) is 0 Å². The van der Waals surface area contributed by atoms with Crippen LogP contribution in [-0.2, 0) is 18.4 Å². The van der Waals surface area contributed by atoms with Crippen LogP contribution in [0.5, 0.6) is 0 Å². The largest absolute Gasteiger partial charge is 0.350 e. The van der Waals surface area contributed by atoms with Crippen molar-refractivity contribution in [3.05, 3.63) is 52.3 Å². The van der Waals surface area contributed by atoms with Gasteiger partial charge in [0.25, 0.3) is 5.91 Å². The number of hydrogen-bond donors (Lipinski definition) is 3. The Bertz CT molecular complexity index is 807. The van der Waals surface area contributed by atoms with Crippen molar-refractivity contribution in [2.24, 2.45) is 0 Å². The minimum Gasteiger partial charge on any atom is -0.350 e. The molecule has 2 aromatic rings. The average Bonchev–Trinajstić information content (AvgIpc) is 3.27. The fourth-order valence-corrected chi connectivity index (χ4v) is 4.32. The summed E-state index contributed by atoms with van der Waals surface area (Å²) in [7, 11) is 0. The van der Waals surface area contributed by atoms with Crippen LogP contribution in [0.1, 0.15) is 53.0 Å². The van der Waals surface area contributed by atoms with Gasteiger partial charge in [0.2, 0.25) is 0 Å². The summed E-state index contributed by atoms with van der Waals surface area (Å²) in [4.78, 5) is 12.7. The summed E-state index contributed by atoms with van der Waals surface area (Å²) < 4.78 is 28.8. The lowest BCUT2D eigenvalue weighted by Crippen LogP contribution is -2.40. The zero-order valence-electron chi connectivity index (χ0n) is 14.5. The van der Waals surface area contributed by atoms with Crippen molar-refractivity contribution in [1.29, 1.82) is 0 Å². The smallest absolute Gasteiger partial charge is 0.272 e. The number of hydrogen-bond acceptors (Lipinski definition) is 3. The molecule has 0 spiro atoms. The minimum absolute atomic E-state index is 0.100. The molecule has 1 amide bonds. The first kappa shape index (κ1) is 17.1. The number of amides is 1. The van der Waals surface area contributed by atoms with Gasteiger partial charge in [-0.25, -0.2) is 8.78 Å². The van der Waals surface area contributed by atoms with Gasteiger partial charge in [0.05, 0.1) is 0 Å². The molecule has 0 saturated heterocycles. The Balaban J connectivity index is 1.57. The zero-order chi connectivity index (χ0) is 18.1. The first-order valence-corrected chi connectivity index (χ1v) is 9.10. The van der Waals surface area contributed by atoms with E-state index in [1.54, 1.807) is 0 Å². The normalized spacial score (nSPS) is 18.5. The Kier molecular flexibility index (Phi) is 4.48. The molecular formula is C19H22F2N4O. The van der Waals surface area contributed by atoms with Crippen LogP contribution in [0, 0.1) is 11.6 Å². The standard InChI is InChI=1S/C19H22F2N4O/c20-13-4-3-5-14(21)16(13)19(7-1-2-8-19)11-23-18(26)17-12-10-22-9-6-15(12)24-25-17/h3-5,22H,1-2,6-11H2,(H,23,26)(H,24,25). The molecule has 138 valence electrons. The summed E-state index contributed by atoms with van der Waals surface area (Å²) in [5, 5.41) is 13.2. The van der Waals surface area contributed by atoms with E-state index in [-0.39, 0.29) is 18.0 Å². The molecule has 7 heteroatoms. The summed E-state index contributed by atoms with van der Waals surface area (Å²) in [5.74, 6) is -1.38. The van der Waals surface area contributed by atoms with Crippen LogP contribution < -0.4 is 10.6 Å². The lowest BCUT2D eigenvalue weighted by molar-refractivity contribution is 0.0936. The molecule has 2 heterocycles. The van der Waals surface area contributed by atoms with E-state index in [9.17, 15) is 13.6 Å². The second-order valence-corrected chi connectivity index (χ2v) is 7.22. The van der Waals surface area contributed by atoms with E-state index >= 15 is 0 Å².